The van der Waals surface area contributed by atoms with E-state index in [-0.39, 0.29) is 6.04 Å². The van der Waals surface area contributed by atoms with E-state index in [4.69, 9.17) is 11.6 Å². The Labute approximate surface area is 127 Å². The minimum atomic E-state index is 0.109. The second-order valence-corrected chi connectivity index (χ2v) is 5.50. The van der Waals surface area contributed by atoms with Crippen molar-refractivity contribution in [1.82, 2.24) is 15.1 Å². The second-order valence-electron chi connectivity index (χ2n) is 4.24. The van der Waals surface area contributed by atoms with Gasteiger partial charge in [-0.1, -0.05) is 24.6 Å². The van der Waals surface area contributed by atoms with Gasteiger partial charge in [0.2, 0.25) is 0 Å². The number of aromatic nitrogens is 2. The van der Waals surface area contributed by atoms with Crippen molar-refractivity contribution >= 4 is 27.5 Å². The van der Waals surface area contributed by atoms with Gasteiger partial charge in [0.25, 0.3) is 0 Å². The van der Waals surface area contributed by atoms with Gasteiger partial charge in [0, 0.05) is 17.2 Å². The van der Waals surface area contributed by atoms with Crippen molar-refractivity contribution in [2.45, 2.75) is 26.4 Å². The number of aryl methyl sites for hydroxylation is 1. The van der Waals surface area contributed by atoms with Gasteiger partial charge in [-0.25, -0.2) is 0 Å². The van der Waals surface area contributed by atoms with Crippen LogP contribution in [0.1, 0.15) is 31.1 Å². The zero-order valence-corrected chi connectivity index (χ0v) is 13.4. The summed E-state index contributed by atoms with van der Waals surface area (Å²) in [6, 6.07) is 8.21. The number of nitrogens with zero attached hydrogens (tertiary/aromatic N) is 2. The Morgan fingerprint density at radius 2 is 2.16 bits per heavy atom. The van der Waals surface area contributed by atoms with Gasteiger partial charge in [-0.2, -0.15) is 5.10 Å². The first-order valence-corrected chi connectivity index (χ1v) is 7.54. The fraction of sp³-hybridized carbons (Fsp3) is 0.357. The topological polar surface area (TPSA) is 29.9 Å². The van der Waals surface area contributed by atoms with Crippen LogP contribution in [0, 0.1) is 0 Å². The Hall–Kier alpha value is -0.840. The van der Waals surface area contributed by atoms with Gasteiger partial charge >= 0.3 is 0 Å². The molecule has 2 rings (SSSR count). The number of rotatable bonds is 5. The van der Waals surface area contributed by atoms with Crippen molar-refractivity contribution in [3.8, 4) is 0 Å². The molecule has 1 aromatic heterocycles. The summed E-state index contributed by atoms with van der Waals surface area (Å²) in [6.07, 6.45) is 1.84. The summed E-state index contributed by atoms with van der Waals surface area (Å²) < 4.78 is 2.92. The molecule has 1 atom stereocenters. The first kappa shape index (κ1) is 14.6. The third-order valence-electron chi connectivity index (χ3n) is 3.03. The molecular formula is C14H17BrClN3. The molecule has 19 heavy (non-hydrogen) atoms. The molecule has 0 saturated heterocycles. The minimum Gasteiger partial charge on any atom is -0.305 e. The van der Waals surface area contributed by atoms with Gasteiger partial charge in [-0.05, 0) is 53.2 Å². The Kier molecular flexibility index (Phi) is 5.02. The van der Waals surface area contributed by atoms with Crippen LogP contribution in [0.15, 0.2) is 34.9 Å². The average Bonchev–Trinajstić information content (AvgIpc) is 2.87. The predicted octanol–water partition coefficient (Wildman–Crippen LogP) is 4.02. The lowest BCUT2D eigenvalue weighted by molar-refractivity contribution is 0.542. The summed E-state index contributed by atoms with van der Waals surface area (Å²) in [5.41, 5.74) is 2.30. The molecule has 0 spiro atoms. The smallest absolute Gasteiger partial charge is 0.0748 e. The quantitative estimate of drug-likeness (QED) is 0.889. The fourth-order valence-corrected chi connectivity index (χ4v) is 2.58. The maximum Gasteiger partial charge on any atom is 0.0748 e. The summed E-state index contributed by atoms with van der Waals surface area (Å²) in [5, 5.41) is 8.55. The van der Waals surface area contributed by atoms with Crippen molar-refractivity contribution < 1.29 is 0 Å². The van der Waals surface area contributed by atoms with Crippen LogP contribution in [0.4, 0.5) is 0 Å². The summed E-state index contributed by atoms with van der Waals surface area (Å²) in [5.74, 6) is 0. The van der Waals surface area contributed by atoms with Crippen LogP contribution in [0.5, 0.6) is 0 Å². The van der Waals surface area contributed by atoms with Gasteiger partial charge < -0.3 is 5.32 Å². The maximum atomic E-state index is 6.20. The van der Waals surface area contributed by atoms with Crippen LogP contribution in [0.3, 0.4) is 0 Å². The number of benzene rings is 1. The minimum absolute atomic E-state index is 0.109. The number of hydrogen-bond donors (Lipinski definition) is 1. The molecule has 5 heteroatoms. The highest BCUT2D eigenvalue weighted by atomic mass is 79.9. The molecule has 1 aromatic carbocycles. The zero-order chi connectivity index (χ0) is 13.8. The fourth-order valence-electron chi connectivity index (χ4n) is 2.14. The van der Waals surface area contributed by atoms with Gasteiger partial charge in [0.1, 0.15) is 0 Å². The van der Waals surface area contributed by atoms with E-state index in [2.05, 4.69) is 46.3 Å². The Bertz CT molecular complexity index is 553. The monoisotopic (exact) mass is 341 g/mol. The van der Waals surface area contributed by atoms with Gasteiger partial charge in [0.05, 0.1) is 16.8 Å². The van der Waals surface area contributed by atoms with Crippen LogP contribution < -0.4 is 5.32 Å². The number of halogens is 2. The van der Waals surface area contributed by atoms with E-state index in [1.54, 1.807) is 0 Å². The molecule has 1 heterocycles. The Morgan fingerprint density at radius 1 is 1.37 bits per heavy atom. The lowest BCUT2D eigenvalue weighted by Crippen LogP contribution is -2.24. The van der Waals surface area contributed by atoms with E-state index < -0.39 is 0 Å². The molecule has 0 bridgehead atoms. The van der Waals surface area contributed by atoms with Crippen LogP contribution in [-0.2, 0) is 6.54 Å². The predicted molar refractivity (Wildman–Crippen MR) is 82.6 cm³/mol. The first-order chi connectivity index (χ1) is 9.17. The van der Waals surface area contributed by atoms with E-state index in [1.165, 1.54) is 0 Å². The molecule has 0 fully saturated rings. The van der Waals surface area contributed by atoms with Crippen LogP contribution in [0.25, 0.3) is 0 Å². The molecule has 0 aliphatic carbocycles. The van der Waals surface area contributed by atoms with Gasteiger partial charge in [-0.3, -0.25) is 4.68 Å². The number of hydrogen-bond acceptors (Lipinski definition) is 2. The number of nitrogens with one attached hydrogen (secondary N) is 1. The van der Waals surface area contributed by atoms with Crippen molar-refractivity contribution in [3.63, 3.8) is 0 Å². The summed E-state index contributed by atoms with van der Waals surface area (Å²) in [7, 11) is 0. The molecule has 0 aliphatic rings. The molecular weight excluding hydrogens is 326 g/mol. The standard InChI is InChI=1S/C14H17BrClN3/c1-3-17-14(13-7-8-18-19(13)4-2)10-5-6-11(15)12(16)9-10/h5-9,14,17H,3-4H2,1-2H3. The molecule has 0 radical (unpaired) electrons. The van der Waals surface area contributed by atoms with E-state index in [9.17, 15) is 0 Å². The molecule has 0 saturated carbocycles. The zero-order valence-electron chi connectivity index (χ0n) is 11.0. The largest absolute Gasteiger partial charge is 0.305 e. The summed E-state index contributed by atoms with van der Waals surface area (Å²) >= 11 is 9.62. The Morgan fingerprint density at radius 3 is 2.79 bits per heavy atom. The van der Waals surface area contributed by atoms with Crippen LogP contribution in [0.2, 0.25) is 5.02 Å². The molecule has 102 valence electrons. The van der Waals surface area contributed by atoms with E-state index in [1.807, 2.05) is 29.1 Å². The van der Waals surface area contributed by atoms with Gasteiger partial charge in [0.15, 0.2) is 0 Å². The van der Waals surface area contributed by atoms with Gasteiger partial charge in [-0.15, -0.1) is 0 Å². The lowest BCUT2D eigenvalue weighted by atomic mass is 10.0. The highest BCUT2D eigenvalue weighted by molar-refractivity contribution is 9.10. The average molecular weight is 343 g/mol. The van der Waals surface area contributed by atoms with E-state index >= 15 is 0 Å². The molecule has 1 unspecified atom stereocenters. The normalized spacial score (nSPS) is 12.6. The van der Waals surface area contributed by atoms with Crippen molar-refractivity contribution in [1.29, 1.82) is 0 Å². The molecule has 2 aromatic rings. The summed E-state index contributed by atoms with van der Waals surface area (Å²) in [6.45, 7) is 5.93. The van der Waals surface area contributed by atoms with E-state index in [0.717, 1.165) is 33.8 Å². The first-order valence-electron chi connectivity index (χ1n) is 6.37. The lowest BCUT2D eigenvalue weighted by Gasteiger charge is -2.20. The molecule has 0 amide bonds. The SMILES string of the molecule is CCNC(c1ccc(Br)c(Cl)c1)c1ccnn1CC. The van der Waals surface area contributed by atoms with Crippen molar-refractivity contribution in [2.24, 2.45) is 0 Å². The molecule has 3 nitrogen and oxygen atoms in total. The third-order valence-corrected chi connectivity index (χ3v) is 4.26. The van der Waals surface area contributed by atoms with Crippen LogP contribution in [-0.4, -0.2) is 16.3 Å². The van der Waals surface area contributed by atoms with Crippen molar-refractivity contribution in [2.75, 3.05) is 6.54 Å². The third kappa shape index (κ3) is 3.19. The van der Waals surface area contributed by atoms with Crippen LogP contribution >= 0.6 is 27.5 Å². The summed E-state index contributed by atoms with van der Waals surface area (Å²) in [4.78, 5) is 0. The van der Waals surface area contributed by atoms with Crippen molar-refractivity contribution in [3.05, 3.63) is 51.2 Å². The second kappa shape index (κ2) is 6.55. The molecule has 1 N–H and O–H groups in total. The Balaban J connectivity index is 2.42. The highest BCUT2D eigenvalue weighted by Crippen LogP contribution is 2.29. The maximum absolute atomic E-state index is 6.20. The van der Waals surface area contributed by atoms with E-state index in [0.29, 0.717) is 0 Å². The highest BCUT2D eigenvalue weighted by Gasteiger charge is 2.17. The molecule has 0 aliphatic heterocycles.